The van der Waals surface area contributed by atoms with Gasteiger partial charge in [0.2, 0.25) is 11.6 Å². The maximum absolute atomic E-state index is 12.9. The second kappa shape index (κ2) is 8.58. The molecule has 3 heterocycles. The SMILES string of the molecule is Cc1ccc2c(Cl)c(C(=O)Nc3nonc3NC(=O)c3sc4cc(Cl)ccc4c3Cl)sc2c1. The van der Waals surface area contributed by atoms with Crippen molar-refractivity contribution in [1.82, 2.24) is 10.3 Å². The van der Waals surface area contributed by atoms with Crippen molar-refractivity contribution >= 4 is 101 Å². The molecule has 2 aromatic carbocycles. The van der Waals surface area contributed by atoms with Gasteiger partial charge in [-0.25, -0.2) is 4.63 Å². The van der Waals surface area contributed by atoms with Crippen LogP contribution in [0.25, 0.3) is 20.2 Å². The van der Waals surface area contributed by atoms with Crippen LogP contribution in [-0.2, 0) is 0 Å². The van der Waals surface area contributed by atoms with Crippen molar-refractivity contribution in [2.24, 2.45) is 0 Å². The summed E-state index contributed by atoms with van der Waals surface area (Å²) in [5.41, 5.74) is 1.06. The fraction of sp³-hybridized carbons (Fsp3) is 0.0476. The van der Waals surface area contributed by atoms with E-state index in [4.69, 9.17) is 39.4 Å². The topological polar surface area (TPSA) is 97.1 Å². The largest absolute Gasteiger partial charge is 0.300 e. The smallest absolute Gasteiger partial charge is 0.268 e. The van der Waals surface area contributed by atoms with E-state index in [-0.39, 0.29) is 16.5 Å². The van der Waals surface area contributed by atoms with Gasteiger partial charge in [-0.05, 0) is 41.0 Å². The second-order valence-electron chi connectivity index (χ2n) is 7.00. The minimum Gasteiger partial charge on any atom is -0.300 e. The fourth-order valence-electron chi connectivity index (χ4n) is 3.18. The van der Waals surface area contributed by atoms with Crippen molar-refractivity contribution in [3.63, 3.8) is 0 Å². The van der Waals surface area contributed by atoms with Crippen molar-refractivity contribution in [3.8, 4) is 0 Å². The highest BCUT2D eigenvalue weighted by Gasteiger charge is 2.24. The maximum atomic E-state index is 12.9. The minimum absolute atomic E-state index is 0.0571. The lowest BCUT2D eigenvalue weighted by Gasteiger charge is -2.03. The van der Waals surface area contributed by atoms with Gasteiger partial charge in [0.1, 0.15) is 9.75 Å². The van der Waals surface area contributed by atoms with Crippen LogP contribution in [-0.4, -0.2) is 22.1 Å². The van der Waals surface area contributed by atoms with Crippen LogP contribution in [0.2, 0.25) is 15.1 Å². The molecule has 0 aliphatic heterocycles. The summed E-state index contributed by atoms with van der Waals surface area (Å²) in [6.07, 6.45) is 0. The Hall–Kier alpha value is -2.69. The van der Waals surface area contributed by atoms with Gasteiger partial charge in [-0.15, -0.1) is 22.7 Å². The van der Waals surface area contributed by atoms with Crippen LogP contribution in [0.3, 0.4) is 0 Å². The van der Waals surface area contributed by atoms with Gasteiger partial charge in [0.15, 0.2) is 0 Å². The third-order valence-corrected chi connectivity index (χ3v) is 8.29. The number of aryl methyl sites for hydroxylation is 1. The van der Waals surface area contributed by atoms with E-state index in [0.717, 1.165) is 20.3 Å². The molecule has 2 amide bonds. The molecule has 7 nitrogen and oxygen atoms in total. The summed E-state index contributed by atoms with van der Waals surface area (Å²) in [4.78, 5) is 26.3. The third-order valence-electron chi connectivity index (χ3n) is 4.74. The van der Waals surface area contributed by atoms with Crippen molar-refractivity contribution in [1.29, 1.82) is 0 Å². The molecule has 0 saturated carbocycles. The summed E-state index contributed by atoms with van der Waals surface area (Å²) in [7, 11) is 0. The first-order valence-electron chi connectivity index (χ1n) is 9.33. The highest BCUT2D eigenvalue weighted by atomic mass is 35.5. The number of amides is 2. The van der Waals surface area contributed by atoms with Gasteiger partial charge < -0.3 is 0 Å². The van der Waals surface area contributed by atoms with E-state index in [1.54, 1.807) is 18.2 Å². The quantitative estimate of drug-likeness (QED) is 0.251. The van der Waals surface area contributed by atoms with E-state index in [1.165, 1.54) is 22.7 Å². The molecular weight excluding hydrogens is 527 g/mol. The number of aromatic nitrogens is 2. The Kier molecular flexibility index (Phi) is 5.75. The summed E-state index contributed by atoms with van der Waals surface area (Å²) in [5.74, 6) is -1.15. The number of benzene rings is 2. The second-order valence-corrected chi connectivity index (χ2v) is 10.3. The van der Waals surface area contributed by atoms with E-state index in [9.17, 15) is 9.59 Å². The zero-order valence-electron chi connectivity index (χ0n) is 16.5. The highest BCUT2D eigenvalue weighted by molar-refractivity contribution is 7.22. The van der Waals surface area contributed by atoms with Gasteiger partial charge in [-0.2, -0.15) is 0 Å². The number of halogens is 3. The number of rotatable bonds is 4. The normalized spacial score (nSPS) is 11.3. The Morgan fingerprint density at radius 1 is 0.818 bits per heavy atom. The number of carbonyl (C=O) groups excluding carboxylic acids is 2. The number of nitrogens with one attached hydrogen (secondary N) is 2. The van der Waals surface area contributed by atoms with Crippen LogP contribution in [0.5, 0.6) is 0 Å². The van der Waals surface area contributed by atoms with Crippen LogP contribution in [0.4, 0.5) is 11.6 Å². The average molecular weight is 538 g/mol. The summed E-state index contributed by atoms with van der Waals surface area (Å²) in [6.45, 7) is 1.96. The molecule has 0 unspecified atom stereocenters. The van der Waals surface area contributed by atoms with Gasteiger partial charge in [0.25, 0.3) is 11.8 Å². The molecule has 5 rings (SSSR count). The average Bonchev–Trinajstić information content (AvgIpc) is 3.44. The number of thiophene rings is 2. The Morgan fingerprint density at radius 2 is 1.33 bits per heavy atom. The lowest BCUT2D eigenvalue weighted by atomic mass is 10.2. The third kappa shape index (κ3) is 4.07. The summed E-state index contributed by atoms with van der Waals surface area (Å²) in [5, 5.41) is 15.2. The van der Waals surface area contributed by atoms with Gasteiger partial charge in [0, 0.05) is 25.2 Å². The fourth-order valence-corrected chi connectivity index (χ4v) is 6.38. The molecular formula is C21H11Cl3N4O3S2. The van der Waals surface area contributed by atoms with Gasteiger partial charge in [-0.1, -0.05) is 53.0 Å². The number of fused-ring (bicyclic) bond motifs is 2. The van der Waals surface area contributed by atoms with Gasteiger partial charge >= 0.3 is 0 Å². The Morgan fingerprint density at radius 3 is 1.91 bits per heavy atom. The first kappa shape index (κ1) is 22.1. The molecule has 0 radical (unpaired) electrons. The summed E-state index contributed by atoms with van der Waals surface area (Å²) < 4.78 is 6.37. The van der Waals surface area contributed by atoms with Crippen molar-refractivity contribution < 1.29 is 14.2 Å². The summed E-state index contributed by atoms with van der Waals surface area (Å²) >= 11 is 21.2. The van der Waals surface area contributed by atoms with Crippen LogP contribution in [0.1, 0.15) is 24.9 Å². The monoisotopic (exact) mass is 536 g/mol. The Labute approximate surface area is 209 Å². The molecule has 2 N–H and O–H groups in total. The molecule has 3 aromatic heterocycles. The molecule has 0 saturated heterocycles. The predicted molar refractivity (Wildman–Crippen MR) is 134 cm³/mol. The van der Waals surface area contributed by atoms with Crippen molar-refractivity contribution in [3.05, 3.63) is 66.8 Å². The van der Waals surface area contributed by atoms with Crippen LogP contribution in [0, 0.1) is 6.92 Å². The van der Waals surface area contributed by atoms with E-state index >= 15 is 0 Å². The first-order chi connectivity index (χ1) is 15.8. The number of anilines is 2. The van der Waals surface area contributed by atoms with Crippen molar-refractivity contribution in [2.45, 2.75) is 6.92 Å². The zero-order valence-corrected chi connectivity index (χ0v) is 20.4. The van der Waals surface area contributed by atoms with E-state index < -0.39 is 11.8 Å². The number of hydrogen-bond donors (Lipinski definition) is 2. The summed E-state index contributed by atoms with van der Waals surface area (Å²) in [6, 6.07) is 10.9. The Bertz CT molecular complexity index is 1460. The molecule has 0 atom stereocenters. The highest BCUT2D eigenvalue weighted by Crippen LogP contribution is 2.38. The standard InChI is InChI=1S/C21H11Cl3N4O3S2/c1-8-2-4-10-12(6-8)32-16(14(10)23)20(29)25-18-19(28-31-27-18)26-21(30)17-15(24)11-5-3-9(22)7-13(11)33-17/h2-7H,1H3,(H,25,27,29)(H,26,28,30). The Balaban J connectivity index is 1.39. The molecule has 166 valence electrons. The molecule has 0 aliphatic rings. The first-order valence-corrected chi connectivity index (χ1v) is 12.1. The number of nitrogens with zero attached hydrogens (tertiary/aromatic N) is 2. The van der Waals surface area contributed by atoms with Gasteiger partial charge in [0.05, 0.1) is 10.0 Å². The lowest BCUT2D eigenvalue weighted by molar-refractivity contribution is 0.101. The molecule has 0 bridgehead atoms. The zero-order chi connectivity index (χ0) is 23.3. The molecule has 0 aliphatic carbocycles. The van der Waals surface area contributed by atoms with E-state index in [0.29, 0.717) is 25.3 Å². The molecule has 33 heavy (non-hydrogen) atoms. The minimum atomic E-state index is -0.529. The lowest BCUT2D eigenvalue weighted by Crippen LogP contribution is -2.16. The van der Waals surface area contributed by atoms with E-state index in [2.05, 4.69) is 20.9 Å². The molecule has 0 fully saturated rings. The van der Waals surface area contributed by atoms with E-state index in [1.807, 2.05) is 25.1 Å². The molecule has 5 aromatic rings. The van der Waals surface area contributed by atoms with Crippen LogP contribution < -0.4 is 10.6 Å². The predicted octanol–water partition coefficient (Wildman–Crippen LogP) is 7.27. The van der Waals surface area contributed by atoms with Crippen LogP contribution >= 0.6 is 57.5 Å². The van der Waals surface area contributed by atoms with Crippen molar-refractivity contribution in [2.75, 3.05) is 10.6 Å². The number of hydrogen-bond acceptors (Lipinski definition) is 7. The molecule has 12 heteroatoms. The molecule has 0 spiro atoms. The van der Waals surface area contributed by atoms with Gasteiger partial charge in [-0.3, -0.25) is 20.2 Å². The van der Waals surface area contributed by atoms with Crippen LogP contribution in [0.15, 0.2) is 41.0 Å². The number of carbonyl (C=O) groups is 2. The maximum Gasteiger partial charge on any atom is 0.268 e.